The summed E-state index contributed by atoms with van der Waals surface area (Å²) in [6.07, 6.45) is 2.36. The van der Waals surface area contributed by atoms with Gasteiger partial charge in [-0.3, -0.25) is 4.79 Å². The van der Waals surface area contributed by atoms with Crippen molar-refractivity contribution < 1.29 is 4.79 Å². The fraction of sp³-hybridized carbons (Fsp3) is 0.188. The molecule has 3 nitrogen and oxygen atoms in total. The Bertz CT molecular complexity index is 599. The van der Waals surface area contributed by atoms with E-state index in [1.54, 1.807) is 11.8 Å². The highest BCUT2D eigenvalue weighted by Crippen LogP contribution is 2.19. The molecule has 3 N–H and O–H groups in total. The fourth-order valence-electron chi connectivity index (χ4n) is 2.01. The molecule has 2 rings (SSSR count). The molecule has 0 aromatic heterocycles. The molecule has 0 aliphatic rings. The van der Waals surface area contributed by atoms with Gasteiger partial charge < -0.3 is 11.1 Å². The van der Waals surface area contributed by atoms with Crippen molar-refractivity contribution in [1.82, 2.24) is 0 Å². The van der Waals surface area contributed by atoms with Crippen molar-refractivity contribution in [3.63, 3.8) is 0 Å². The zero-order valence-electron chi connectivity index (χ0n) is 11.4. The number of benzene rings is 2. The molecule has 0 fully saturated rings. The summed E-state index contributed by atoms with van der Waals surface area (Å²) >= 11 is 1.65. The van der Waals surface area contributed by atoms with Gasteiger partial charge in [0, 0.05) is 17.1 Å². The molecule has 0 radical (unpaired) electrons. The Hall–Kier alpha value is -1.78. The topological polar surface area (TPSA) is 55.1 Å². The highest BCUT2D eigenvalue weighted by Gasteiger charge is 2.07. The van der Waals surface area contributed by atoms with Crippen molar-refractivity contribution in [2.75, 3.05) is 11.6 Å². The second kappa shape index (κ2) is 7.12. The van der Waals surface area contributed by atoms with Crippen LogP contribution in [0.2, 0.25) is 0 Å². The van der Waals surface area contributed by atoms with Crippen molar-refractivity contribution in [1.29, 1.82) is 0 Å². The minimum Gasteiger partial charge on any atom is -0.326 e. The Morgan fingerprint density at radius 1 is 1.15 bits per heavy atom. The third-order valence-electron chi connectivity index (χ3n) is 3.04. The van der Waals surface area contributed by atoms with Crippen LogP contribution in [-0.2, 0) is 17.8 Å². The first-order valence-electron chi connectivity index (χ1n) is 6.43. The number of thioether (sulfide) groups is 1. The minimum absolute atomic E-state index is 0.0239. The van der Waals surface area contributed by atoms with Crippen molar-refractivity contribution in [2.45, 2.75) is 17.9 Å². The lowest BCUT2D eigenvalue weighted by Crippen LogP contribution is -2.16. The normalized spacial score (nSPS) is 10.3. The molecule has 0 bridgehead atoms. The highest BCUT2D eigenvalue weighted by molar-refractivity contribution is 7.98. The van der Waals surface area contributed by atoms with Crippen LogP contribution >= 0.6 is 11.8 Å². The van der Waals surface area contributed by atoms with Crippen LogP contribution in [0, 0.1) is 0 Å². The second-order valence-electron chi connectivity index (χ2n) is 4.43. The summed E-state index contributed by atoms with van der Waals surface area (Å²) < 4.78 is 0. The molecule has 20 heavy (non-hydrogen) atoms. The van der Waals surface area contributed by atoms with E-state index in [0.29, 0.717) is 13.0 Å². The molecule has 0 saturated heterocycles. The van der Waals surface area contributed by atoms with Gasteiger partial charge in [0.05, 0.1) is 6.42 Å². The monoisotopic (exact) mass is 286 g/mol. The van der Waals surface area contributed by atoms with Gasteiger partial charge in [-0.15, -0.1) is 11.8 Å². The Morgan fingerprint density at radius 3 is 2.60 bits per heavy atom. The third-order valence-corrected chi connectivity index (χ3v) is 3.77. The first-order valence-corrected chi connectivity index (χ1v) is 7.66. The van der Waals surface area contributed by atoms with E-state index in [0.717, 1.165) is 21.7 Å². The summed E-state index contributed by atoms with van der Waals surface area (Å²) in [6, 6.07) is 15.6. The van der Waals surface area contributed by atoms with Crippen LogP contribution in [0.5, 0.6) is 0 Å². The van der Waals surface area contributed by atoms with E-state index in [9.17, 15) is 4.79 Å². The maximum atomic E-state index is 12.1. The van der Waals surface area contributed by atoms with E-state index in [-0.39, 0.29) is 5.91 Å². The van der Waals surface area contributed by atoms with Crippen molar-refractivity contribution in [3.8, 4) is 0 Å². The fourth-order valence-corrected chi connectivity index (χ4v) is 2.47. The largest absolute Gasteiger partial charge is 0.326 e. The Labute approximate surface area is 123 Å². The van der Waals surface area contributed by atoms with Gasteiger partial charge >= 0.3 is 0 Å². The van der Waals surface area contributed by atoms with Crippen LogP contribution in [0.4, 0.5) is 5.69 Å². The van der Waals surface area contributed by atoms with E-state index < -0.39 is 0 Å². The minimum atomic E-state index is -0.0239. The van der Waals surface area contributed by atoms with Gasteiger partial charge in [-0.2, -0.15) is 0 Å². The average Bonchev–Trinajstić information content (AvgIpc) is 2.48. The SMILES string of the molecule is CSc1cccc(NC(=O)Cc2ccccc2CN)c1. The summed E-state index contributed by atoms with van der Waals surface area (Å²) in [5.41, 5.74) is 8.50. The number of carbonyl (C=O) groups is 1. The number of carbonyl (C=O) groups excluding carboxylic acids is 1. The molecule has 0 atom stereocenters. The average molecular weight is 286 g/mol. The van der Waals surface area contributed by atoms with Crippen LogP contribution in [0.1, 0.15) is 11.1 Å². The lowest BCUT2D eigenvalue weighted by Gasteiger charge is -2.09. The van der Waals surface area contributed by atoms with Gasteiger partial charge in [-0.25, -0.2) is 0 Å². The Morgan fingerprint density at radius 2 is 1.90 bits per heavy atom. The number of nitrogens with one attached hydrogen (secondary N) is 1. The predicted molar refractivity (Wildman–Crippen MR) is 84.9 cm³/mol. The molecular weight excluding hydrogens is 268 g/mol. The molecular formula is C16H18N2OS. The number of anilines is 1. The Balaban J connectivity index is 2.05. The molecule has 0 aliphatic carbocycles. The highest BCUT2D eigenvalue weighted by atomic mass is 32.2. The first-order chi connectivity index (χ1) is 9.72. The van der Waals surface area contributed by atoms with E-state index in [1.807, 2.05) is 54.8 Å². The quantitative estimate of drug-likeness (QED) is 0.831. The van der Waals surface area contributed by atoms with Gasteiger partial charge in [-0.1, -0.05) is 30.3 Å². The van der Waals surface area contributed by atoms with Gasteiger partial charge in [0.2, 0.25) is 5.91 Å². The van der Waals surface area contributed by atoms with E-state index in [1.165, 1.54) is 0 Å². The molecule has 1 amide bonds. The summed E-state index contributed by atoms with van der Waals surface area (Å²) in [7, 11) is 0. The summed E-state index contributed by atoms with van der Waals surface area (Å²) in [6.45, 7) is 0.450. The molecule has 104 valence electrons. The zero-order chi connectivity index (χ0) is 14.4. The number of rotatable bonds is 5. The first kappa shape index (κ1) is 14.6. The summed E-state index contributed by atoms with van der Waals surface area (Å²) in [5, 5.41) is 2.92. The van der Waals surface area contributed by atoms with Crippen molar-refractivity contribution in [3.05, 3.63) is 59.7 Å². The number of hydrogen-bond acceptors (Lipinski definition) is 3. The molecule has 0 unspecified atom stereocenters. The maximum Gasteiger partial charge on any atom is 0.228 e. The van der Waals surface area contributed by atoms with Crippen LogP contribution in [0.3, 0.4) is 0 Å². The van der Waals surface area contributed by atoms with Crippen molar-refractivity contribution >= 4 is 23.4 Å². The number of amides is 1. The third kappa shape index (κ3) is 3.85. The molecule has 0 spiro atoms. The molecule has 0 saturated carbocycles. The van der Waals surface area contributed by atoms with Crippen LogP contribution < -0.4 is 11.1 Å². The van der Waals surface area contributed by atoms with E-state index in [4.69, 9.17) is 5.73 Å². The van der Waals surface area contributed by atoms with Crippen LogP contribution in [-0.4, -0.2) is 12.2 Å². The van der Waals surface area contributed by atoms with E-state index >= 15 is 0 Å². The molecule has 0 aliphatic heterocycles. The van der Waals surface area contributed by atoms with E-state index in [2.05, 4.69) is 5.32 Å². The second-order valence-corrected chi connectivity index (χ2v) is 5.31. The number of hydrogen-bond donors (Lipinski definition) is 2. The van der Waals surface area contributed by atoms with Gasteiger partial charge in [0.25, 0.3) is 0 Å². The summed E-state index contributed by atoms with van der Waals surface area (Å²) in [5.74, 6) is -0.0239. The van der Waals surface area contributed by atoms with Gasteiger partial charge in [0.1, 0.15) is 0 Å². The molecule has 4 heteroatoms. The zero-order valence-corrected chi connectivity index (χ0v) is 12.2. The molecule has 2 aromatic rings. The standard InChI is InChI=1S/C16H18N2OS/c1-20-15-8-4-7-14(10-15)18-16(19)9-12-5-2-3-6-13(12)11-17/h2-8,10H,9,11,17H2,1H3,(H,18,19). The van der Waals surface area contributed by atoms with Crippen LogP contribution in [0.25, 0.3) is 0 Å². The lowest BCUT2D eigenvalue weighted by molar-refractivity contribution is -0.115. The van der Waals surface area contributed by atoms with Gasteiger partial charge in [-0.05, 0) is 35.6 Å². The Kier molecular flexibility index (Phi) is 5.21. The molecule has 0 heterocycles. The van der Waals surface area contributed by atoms with Crippen molar-refractivity contribution in [2.24, 2.45) is 5.73 Å². The smallest absolute Gasteiger partial charge is 0.228 e. The van der Waals surface area contributed by atoms with Gasteiger partial charge in [0.15, 0.2) is 0 Å². The predicted octanol–water partition coefficient (Wildman–Crippen LogP) is 3.05. The lowest BCUT2D eigenvalue weighted by atomic mass is 10.0. The molecule has 2 aromatic carbocycles. The maximum absolute atomic E-state index is 12.1. The summed E-state index contributed by atoms with van der Waals surface area (Å²) in [4.78, 5) is 13.2. The van der Waals surface area contributed by atoms with Crippen LogP contribution in [0.15, 0.2) is 53.4 Å². The number of nitrogens with two attached hydrogens (primary N) is 1.